The first-order chi connectivity index (χ1) is 8.75. The zero-order valence-electron chi connectivity index (χ0n) is 9.90. The van der Waals surface area contributed by atoms with E-state index in [2.05, 4.69) is 6.92 Å². The van der Waals surface area contributed by atoms with Crippen LogP contribution < -0.4 is 9.47 Å². The van der Waals surface area contributed by atoms with Gasteiger partial charge in [-0.1, -0.05) is 36.4 Å². The smallest absolute Gasteiger partial charge is 0.266 e. The average molecular weight is 243 g/mol. The molecule has 0 spiro atoms. The Morgan fingerprint density at radius 1 is 0.778 bits per heavy atom. The summed E-state index contributed by atoms with van der Waals surface area (Å²) in [6.45, 7) is 3.54. The quantitative estimate of drug-likeness (QED) is 0.820. The first-order valence-corrected chi connectivity index (χ1v) is 5.70. The fourth-order valence-corrected chi connectivity index (χ4v) is 1.45. The Morgan fingerprint density at radius 3 is 1.50 bits per heavy atom. The van der Waals surface area contributed by atoms with Crippen LogP contribution in [-0.4, -0.2) is 17.5 Å². The highest BCUT2D eigenvalue weighted by Crippen LogP contribution is 2.17. The molecule has 1 atom stereocenters. The molecule has 0 aliphatic heterocycles. The number of rotatable bonds is 5. The minimum Gasteiger partial charge on any atom is -0.452 e. The van der Waals surface area contributed by atoms with E-state index in [1.165, 1.54) is 0 Å². The van der Waals surface area contributed by atoms with Crippen LogP contribution in [0.2, 0.25) is 0 Å². The molecule has 2 rings (SSSR count). The molecule has 1 unspecified atom stereocenters. The predicted molar refractivity (Wildman–Crippen MR) is 69.3 cm³/mol. The van der Waals surface area contributed by atoms with E-state index in [1.807, 2.05) is 36.4 Å². The molecule has 1 N–H and O–H groups in total. The van der Waals surface area contributed by atoms with E-state index >= 15 is 0 Å². The maximum absolute atomic E-state index is 9.57. The van der Waals surface area contributed by atoms with E-state index < -0.39 is 12.4 Å². The second-order valence-electron chi connectivity index (χ2n) is 3.80. The van der Waals surface area contributed by atoms with Gasteiger partial charge in [0.25, 0.3) is 6.29 Å². The molecule has 0 bridgehead atoms. The second kappa shape index (κ2) is 6.07. The number of hydrogen-bond acceptors (Lipinski definition) is 3. The molecule has 3 heteroatoms. The van der Waals surface area contributed by atoms with Gasteiger partial charge in [0.15, 0.2) is 0 Å². The van der Waals surface area contributed by atoms with Crippen molar-refractivity contribution in [3.8, 4) is 11.5 Å². The van der Waals surface area contributed by atoms with E-state index in [0.29, 0.717) is 11.5 Å². The molecule has 2 aromatic rings. The predicted octanol–water partition coefficient (Wildman–Crippen LogP) is 2.67. The maximum atomic E-state index is 9.57. The first-order valence-electron chi connectivity index (χ1n) is 5.70. The Bertz CT molecular complexity index is 412. The lowest BCUT2D eigenvalue weighted by atomic mass is 10.3. The van der Waals surface area contributed by atoms with Crippen LogP contribution in [0.4, 0.5) is 0 Å². The van der Waals surface area contributed by atoms with Crippen LogP contribution in [0.5, 0.6) is 11.5 Å². The summed E-state index contributed by atoms with van der Waals surface area (Å²) in [5, 5.41) is 9.57. The number of hydrogen-bond donors (Lipinski definition) is 1. The van der Waals surface area contributed by atoms with Crippen LogP contribution in [0.25, 0.3) is 0 Å². The Morgan fingerprint density at radius 2 is 1.17 bits per heavy atom. The standard InChI is InChI=1S/C15H15O3/c1-12(16)15(17-13-8-4-2-5-9-13)18-14-10-6-3-7-11-14/h2-12,15-16H,1H2. The van der Waals surface area contributed by atoms with E-state index in [-0.39, 0.29) is 0 Å². The van der Waals surface area contributed by atoms with Crippen LogP contribution in [0, 0.1) is 6.92 Å². The van der Waals surface area contributed by atoms with Crippen molar-refractivity contribution in [2.75, 3.05) is 0 Å². The van der Waals surface area contributed by atoms with Gasteiger partial charge in [-0.25, -0.2) is 0 Å². The Balaban J connectivity index is 2.05. The summed E-state index contributed by atoms with van der Waals surface area (Å²) < 4.78 is 11.1. The topological polar surface area (TPSA) is 38.7 Å². The van der Waals surface area contributed by atoms with Crippen molar-refractivity contribution in [3.05, 3.63) is 67.6 Å². The van der Waals surface area contributed by atoms with E-state index in [0.717, 1.165) is 0 Å². The van der Waals surface area contributed by atoms with Crippen molar-refractivity contribution < 1.29 is 14.6 Å². The van der Waals surface area contributed by atoms with E-state index in [9.17, 15) is 5.11 Å². The molecule has 0 aliphatic rings. The minimum atomic E-state index is -0.981. The maximum Gasteiger partial charge on any atom is 0.266 e. The Labute approximate surface area is 107 Å². The van der Waals surface area contributed by atoms with Gasteiger partial charge in [0.05, 0.1) is 0 Å². The second-order valence-corrected chi connectivity index (χ2v) is 3.80. The number of aliphatic hydroxyl groups is 1. The Hall–Kier alpha value is -2.00. The Kier molecular flexibility index (Phi) is 4.20. The molecule has 3 nitrogen and oxygen atoms in total. The normalized spacial score (nSPS) is 12.2. The number of aliphatic hydroxyl groups excluding tert-OH is 1. The summed E-state index contributed by atoms with van der Waals surface area (Å²) >= 11 is 0. The SMILES string of the molecule is [CH2]C(O)C(Oc1ccccc1)Oc1ccccc1. The van der Waals surface area contributed by atoms with Crippen molar-refractivity contribution in [1.29, 1.82) is 0 Å². The van der Waals surface area contributed by atoms with Gasteiger partial charge in [-0.05, 0) is 31.2 Å². The van der Waals surface area contributed by atoms with Gasteiger partial charge in [-0.2, -0.15) is 0 Å². The third kappa shape index (κ3) is 3.50. The van der Waals surface area contributed by atoms with Gasteiger partial charge in [-0.15, -0.1) is 0 Å². The van der Waals surface area contributed by atoms with Crippen molar-refractivity contribution in [1.82, 2.24) is 0 Å². The van der Waals surface area contributed by atoms with Crippen LogP contribution in [-0.2, 0) is 0 Å². The molecule has 0 saturated carbocycles. The van der Waals surface area contributed by atoms with Gasteiger partial charge < -0.3 is 14.6 Å². The highest BCUT2D eigenvalue weighted by molar-refractivity contribution is 5.23. The molecule has 1 radical (unpaired) electrons. The zero-order valence-corrected chi connectivity index (χ0v) is 9.90. The summed E-state index contributed by atoms with van der Waals surface area (Å²) in [6.07, 6.45) is -1.82. The first kappa shape index (κ1) is 12.5. The molecular formula is C15H15O3. The molecule has 0 aliphatic carbocycles. The fourth-order valence-electron chi connectivity index (χ4n) is 1.45. The zero-order chi connectivity index (χ0) is 12.8. The van der Waals surface area contributed by atoms with Gasteiger partial charge in [0, 0.05) is 0 Å². The largest absolute Gasteiger partial charge is 0.452 e. The van der Waals surface area contributed by atoms with Crippen LogP contribution >= 0.6 is 0 Å². The molecule has 0 aromatic heterocycles. The summed E-state index contributed by atoms with van der Waals surface area (Å²) in [5.41, 5.74) is 0. The van der Waals surface area contributed by atoms with Crippen molar-refractivity contribution in [2.24, 2.45) is 0 Å². The molecule has 0 fully saturated rings. The molecule has 0 heterocycles. The van der Waals surface area contributed by atoms with Crippen LogP contribution in [0.1, 0.15) is 0 Å². The van der Waals surface area contributed by atoms with E-state index in [1.54, 1.807) is 24.3 Å². The third-order valence-corrected chi connectivity index (χ3v) is 2.31. The van der Waals surface area contributed by atoms with Crippen LogP contribution in [0.3, 0.4) is 0 Å². The summed E-state index contributed by atoms with van der Waals surface area (Å²) in [5.74, 6) is 1.25. The van der Waals surface area contributed by atoms with Crippen molar-refractivity contribution in [3.63, 3.8) is 0 Å². The summed E-state index contributed by atoms with van der Waals surface area (Å²) in [4.78, 5) is 0. The molecule has 0 saturated heterocycles. The monoisotopic (exact) mass is 243 g/mol. The van der Waals surface area contributed by atoms with Gasteiger partial charge in [0.2, 0.25) is 0 Å². The molecule has 2 aromatic carbocycles. The van der Waals surface area contributed by atoms with Crippen LogP contribution in [0.15, 0.2) is 60.7 Å². The van der Waals surface area contributed by atoms with E-state index in [4.69, 9.17) is 9.47 Å². The van der Waals surface area contributed by atoms with Gasteiger partial charge >= 0.3 is 0 Å². The molecule has 0 amide bonds. The number of benzene rings is 2. The van der Waals surface area contributed by atoms with Gasteiger partial charge in [0.1, 0.15) is 17.6 Å². The molecule has 93 valence electrons. The van der Waals surface area contributed by atoms with Crippen molar-refractivity contribution >= 4 is 0 Å². The van der Waals surface area contributed by atoms with Gasteiger partial charge in [-0.3, -0.25) is 0 Å². The lowest BCUT2D eigenvalue weighted by Crippen LogP contribution is -2.35. The average Bonchev–Trinajstić information content (AvgIpc) is 2.40. The lowest BCUT2D eigenvalue weighted by Gasteiger charge is -2.22. The van der Waals surface area contributed by atoms with Crippen molar-refractivity contribution in [2.45, 2.75) is 12.4 Å². The fraction of sp³-hybridized carbons (Fsp3) is 0.133. The summed E-state index contributed by atoms with van der Waals surface area (Å²) in [6, 6.07) is 18.4. The summed E-state index contributed by atoms with van der Waals surface area (Å²) in [7, 11) is 0. The number of para-hydroxylation sites is 2. The third-order valence-electron chi connectivity index (χ3n) is 2.31. The molecule has 18 heavy (non-hydrogen) atoms. The lowest BCUT2D eigenvalue weighted by molar-refractivity contribution is -0.0674. The highest BCUT2D eigenvalue weighted by Gasteiger charge is 2.18. The molecular weight excluding hydrogens is 228 g/mol. The highest BCUT2D eigenvalue weighted by atomic mass is 16.7. The minimum absolute atomic E-state index is 0.626. The number of ether oxygens (including phenoxy) is 2.